The lowest BCUT2D eigenvalue weighted by Crippen LogP contribution is -2.05. The molecule has 0 aliphatic heterocycles. The molecule has 0 bridgehead atoms. The number of nitro groups is 1. The standard InChI is InChI=1S/C13H11NO4S/c1-2-18-13(15)11-5-10(9-3-4-19-8-9)6-12(7-11)14(16)17/h3-8H,2H2,1H3. The zero-order chi connectivity index (χ0) is 13.8. The summed E-state index contributed by atoms with van der Waals surface area (Å²) in [4.78, 5) is 22.1. The van der Waals surface area contributed by atoms with Gasteiger partial charge < -0.3 is 4.74 Å². The monoisotopic (exact) mass is 277 g/mol. The molecule has 2 rings (SSSR count). The second kappa shape index (κ2) is 5.62. The van der Waals surface area contributed by atoms with E-state index in [1.165, 1.54) is 23.5 Å². The lowest BCUT2D eigenvalue weighted by atomic mass is 10.0. The van der Waals surface area contributed by atoms with Crippen LogP contribution in [0, 0.1) is 10.1 Å². The Morgan fingerprint density at radius 3 is 2.74 bits per heavy atom. The third kappa shape index (κ3) is 2.97. The summed E-state index contributed by atoms with van der Waals surface area (Å²) in [5, 5.41) is 14.7. The van der Waals surface area contributed by atoms with Crippen LogP contribution in [0.5, 0.6) is 0 Å². The van der Waals surface area contributed by atoms with Gasteiger partial charge in [-0.05, 0) is 40.9 Å². The number of esters is 1. The molecule has 0 saturated carbocycles. The first-order chi connectivity index (χ1) is 9.11. The van der Waals surface area contributed by atoms with E-state index in [-0.39, 0.29) is 17.9 Å². The molecule has 0 amide bonds. The van der Waals surface area contributed by atoms with E-state index in [9.17, 15) is 14.9 Å². The van der Waals surface area contributed by atoms with Crippen molar-refractivity contribution in [2.75, 3.05) is 6.61 Å². The van der Waals surface area contributed by atoms with Crippen molar-refractivity contribution in [3.8, 4) is 11.1 Å². The van der Waals surface area contributed by atoms with Crippen LogP contribution in [0.2, 0.25) is 0 Å². The van der Waals surface area contributed by atoms with Gasteiger partial charge in [0.25, 0.3) is 5.69 Å². The number of nitrogens with zero attached hydrogens (tertiary/aromatic N) is 1. The molecule has 0 fully saturated rings. The van der Waals surface area contributed by atoms with Gasteiger partial charge in [-0.25, -0.2) is 4.79 Å². The van der Waals surface area contributed by atoms with Crippen molar-refractivity contribution < 1.29 is 14.5 Å². The fraction of sp³-hybridized carbons (Fsp3) is 0.154. The number of benzene rings is 1. The van der Waals surface area contributed by atoms with E-state index in [0.29, 0.717) is 5.56 Å². The van der Waals surface area contributed by atoms with E-state index < -0.39 is 10.9 Å². The van der Waals surface area contributed by atoms with Crippen LogP contribution in [0.1, 0.15) is 17.3 Å². The molecule has 0 N–H and O–H groups in total. The summed E-state index contributed by atoms with van der Waals surface area (Å²) in [7, 11) is 0. The van der Waals surface area contributed by atoms with Crippen molar-refractivity contribution in [1.82, 2.24) is 0 Å². The number of ether oxygens (including phenoxy) is 1. The van der Waals surface area contributed by atoms with Gasteiger partial charge in [-0.1, -0.05) is 0 Å². The molecule has 0 unspecified atom stereocenters. The Bertz CT molecular complexity index is 607. The third-order valence-electron chi connectivity index (χ3n) is 2.49. The fourth-order valence-corrected chi connectivity index (χ4v) is 2.31. The third-order valence-corrected chi connectivity index (χ3v) is 3.18. The molecule has 0 aliphatic carbocycles. The fourth-order valence-electron chi connectivity index (χ4n) is 1.64. The van der Waals surface area contributed by atoms with E-state index in [1.807, 2.05) is 16.8 Å². The minimum absolute atomic E-state index is 0.119. The second-order valence-electron chi connectivity index (χ2n) is 3.76. The lowest BCUT2D eigenvalue weighted by molar-refractivity contribution is -0.384. The van der Waals surface area contributed by atoms with Gasteiger partial charge in [-0.2, -0.15) is 11.3 Å². The molecule has 0 atom stereocenters. The van der Waals surface area contributed by atoms with Crippen LogP contribution in [-0.2, 0) is 4.74 Å². The average Bonchev–Trinajstić information content (AvgIpc) is 2.92. The highest BCUT2D eigenvalue weighted by Crippen LogP contribution is 2.28. The minimum Gasteiger partial charge on any atom is -0.462 e. The van der Waals surface area contributed by atoms with Crippen molar-refractivity contribution >= 4 is 23.0 Å². The Hall–Kier alpha value is -2.21. The summed E-state index contributed by atoms with van der Waals surface area (Å²) < 4.78 is 4.88. The lowest BCUT2D eigenvalue weighted by Gasteiger charge is -2.04. The average molecular weight is 277 g/mol. The van der Waals surface area contributed by atoms with Crippen molar-refractivity contribution in [3.05, 3.63) is 50.7 Å². The predicted octanol–water partition coefficient (Wildman–Crippen LogP) is 3.50. The van der Waals surface area contributed by atoms with Crippen molar-refractivity contribution in [2.24, 2.45) is 0 Å². The Morgan fingerprint density at radius 1 is 1.37 bits per heavy atom. The van der Waals surface area contributed by atoms with Gasteiger partial charge in [0.15, 0.2) is 0 Å². The van der Waals surface area contributed by atoms with Crippen LogP contribution < -0.4 is 0 Å². The Morgan fingerprint density at radius 2 is 2.16 bits per heavy atom. The van der Waals surface area contributed by atoms with Crippen LogP contribution in [-0.4, -0.2) is 17.5 Å². The van der Waals surface area contributed by atoms with Gasteiger partial charge in [-0.15, -0.1) is 0 Å². The van der Waals surface area contributed by atoms with E-state index >= 15 is 0 Å². The topological polar surface area (TPSA) is 69.4 Å². The molecule has 19 heavy (non-hydrogen) atoms. The summed E-state index contributed by atoms with van der Waals surface area (Å²) in [6, 6.07) is 6.13. The molecular weight excluding hydrogens is 266 g/mol. The molecule has 98 valence electrons. The molecule has 1 aromatic heterocycles. The number of non-ortho nitro benzene ring substituents is 1. The normalized spacial score (nSPS) is 10.2. The van der Waals surface area contributed by atoms with E-state index in [1.54, 1.807) is 13.0 Å². The van der Waals surface area contributed by atoms with Gasteiger partial charge >= 0.3 is 5.97 Å². The highest BCUT2D eigenvalue weighted by Gasteiger charge is 2.16. The maximum absolute atomic E-state index is 11.7. The first-order valence-electron chi connectivity index (χ1n) is 5.61. The number of hydrogen-bond donors (Lipinski definition) is 0. The van der Waals surface area contributed by atoms with Crippen LogP contribution in [0.15, 0.2) is 35.0 Å². The van der Waals surface area contributed by atoms with E-state index in [0.717, 1.165) is 5.56 Å². The zero-order valence-corrected chi connectivity index (χ0v) is 11.0. The second-order valence-corrected chi connectivity index (χ2v) is 4.54. The van der Waals surface area contributed by atoms with Gasteiger partial charge in [-0.3, -0.25) is 10.1 Å². The maximum atomic E-state index is 11.7. The highest BCUT2D eigenvalue weighted by molar-refractivity contribution is 7.08. The Kier molecular flexibility index (Phi) is 3.91. The van der Waals surface area contributed by atoms with Gasteiger partial charge in [0.05, 0.1) is 17.1 Å². The molecule has 1 aromatic carbocycles. The zero-order valence-electron chi connectivity index (χ0n) is 10.2. The number of carbonyl (C=O) groups is 1. The first-order valence-corrected chi connectivity index (χ1v) is 6.55. The molecule has 5 nitrogen and oxygen atoms in total. The van der Waals surface area contributed by atoms with Gasteiger partial charge in [0.2, 0.25) is 0 Å². The Balaban J connectivity index is 2.50. The molecule has 0 radical (unpaired) electrons. The number of hydrogen-bond acceptors (Lipinski definition) is 5. The summed E-state index contributed by atoms with van der Waals surface area (Å²) in [6.45, 7) is 1.92. The van der Waals surface area contributed by atoms with Crippen LogP contribution in [0.4, 0.5) is 5.69 Å². The number of thiophene rings is 1. The van der Waals surface area contributed by atoms with E-state index in [2.05, 4.69) is 0 Å². The first kappa shape index (κ1) is 13.2. The van der Waals surface area contributed by atoms with Gasteiger partial charge in [0, 0.05) is 12.1 Å². The number of nitro benzene ring substituents is 1. The molecular formula is C13H11NO4S. The molecule has 0 aliphatic rings. The minimum atomic E-state index is -0.553. The number of rotatable bonds is 4. The molecule has 1 heterocycles. The summed E-state index contributed by atoms with van der Waals surface area (Å²) in [6.07, 6.45) is 0. The quantitative estimate of drug-likeness (QED) is 0.487. The Labute approximate surface area is 113 Å². The highest BCUT2D eigenvalue weighted by atomic mass is 32.1. The summed E-state index contributed by atoms with van der Waals surface area (Å²) in [5.74, 6) is -0.553. The summed E-state index contributed by atoms with van der Waals surface area (Å²) in [5.41, 5.74) is 1.56. The van der Waals surface area contributed by atoms with Crippen LogP contribution >= 0.6 is 11.3 Å². The largest absolute Gasteiger partial charge is 0.462 e. The maximum Gasteiger partial charge on any atom is 0.338 e. The predicted molar refractivity (Wildman–Crippen MR) is 72.4 cm³/mol. The molecule has 6 heteroatoms. The number of carbonyl (C=O) groups excluding carboxylic acids is 1. The van der Waals surface area contributed by atoms with E-state index in [4.69, 9.17) is 4.74 Å². The SMILES string of the molecule is CCOC(=O)c1cc(-c2ccsc2)cc([N+](=O)[O-])c1. The summed E-state index contributed by atoms with van der Waals surface area (Å²) >= 11 is 1.49. The molecule has 2 aromatic rings. The van der Waals surface area contributed by atoms with Crippen molar-refractivity contribution in [2.45, 2.75) is 6.92 Å². The molecule has 0 saturated heterocycles. The van der Waals surface area contributed by atoms with Crippen LogP contribution in [0.3, 0.4) is 0 Å². The van der Waals surface area contributed by atoms with Crippen molar-refractivity contribution in [1.29, 1.82) is 0 Å². The van der Waals surface area contributed by atoms with Gasteiger partial charge in [0.1, 0.15) is 0 Å². The van der Waals surface area contributed by atoms with Crippen LogP contribution in [0.25, 0.3) is 11.1 Å². The van der Waals surface area contributed by atoms with Crippen molar-refractivity contribution in [3.63, 3.8) is 0 Å². The molecule has 0 spiro atoms. The smallest absolute Gasteiger partial charge is 0.338 e.